The Kier molecular flexibility index (Phi) is 4.78. The summed E-state index contributed by atoms with van der Waals surface area (Å²) < 4.78 is 5.69. The minimum absolute atomic E-state index is 0.000298. The number of amides is 1. The van der Waals surface area contributed by atoms with Crippen molar-refractivity contribution >= 4 is 17.2 Å². The van der Waals surface area contributed by atoms with Gasteiger partial charge in [-0.15, -0.1) is 11.3 Å². The smallest absolute Gasteiger partial charge is 0.273 e. The number of hydrogen-bond donors (Lipinski definition) is 0. The van der Waals surface area contributed by atoms with Gasteiger partial charge in [-0.3, -0.25) is 4.79 Å². The van der Waals surface area contributed by atoms with E-state index < -0.39 is 0 Å². The molecule has 23 heavy (non-hydrogen) atoms. The molecule has 3 rings (SSSR count). The fraction of sp³-hybridized carbons (Fsp3) is 0.444. The van der Waals surface area contributed by atoms with Crippen LogP contribution >= 0.6 is 11.3 Å². The Hall–Kier alpha value is -1.72. The zero-order valence-corrected chi connectivity index (χ0v) is 14.6. The number of hydrogen-bond acceptors (Lipinski definition) is 4. The monoisotopic (exact) mass is 330 g/mol. The highest BCUT2D eigenvalue weighted by molar-refractivity contribution is 7.13. The molecule has 1 saturated heterocycles. The average Bonchev–Trinajstić information content (AvgIpc) is 3.03. The molecule has 1 aromatic carbocycles. The lowest BCUT2D eigenvalue weighted by Gasteiger charge is -2.34. The normalized spacial score (nSPS) is 21.4. The van der Waals surface area contributed by atoms with Gasteiger partial charge in [-0.25, -0.2) is 4.98 Å². The van der Waals surface area contributed by atoms with Crippen molar-refractivity contribution in [3.05, 3.63) is 40.9 Å². The van der Waals surface area contributed by atoms with E-state index in [1.54, 1.807) is 0 Å². The fourth-order valence-corrected chi connectivity index (χ4v) is 3.69. The number of rotatable bonds is 3. The first kappa shape index (κ1) is 16.1. The third-order valence-corrected chi connectivity index (χ3v) is 4.93. The molecule has 122 valence electrons. The van der Waals surface area contributed by atoms with E-state index in [2.05, 4.69) is 36.2 Å². The summed E-state index contributed by atoms with van der Waals surface area (Å²) in [7, 11) is 0. The van der Waals surface area contributed by atoms with Gasteiger partial charge in [0.25, 0.3) is 5.91 Å². The number of thiazole rings is 1. The molecule has 2 atom stereocenters. The van der Waals surface area contributed by atoms with Gasteiger partial charge in [-0.1, -0.05) is 31.2 Å². The van der Waals surface area contributed by atoms with Crippen molar-refractivity contribution in [3.63, 3.8) is 0 Å². The summed E-state index contributed by atoms with van der Waals surface area (Å²) in [5, 5.41) is 2.75. The first-order valence-electron chi connectivity index (χ1n) is 8.06. The summed E-state index contributed by atoms with van der Waals surface area (Å²) in [5.41, 5.74) is 2.90. The van der Waals surface area contributed by atoms with Crippen LogP contribution in [0, 0.1) is 0 Å². The molecule has 1 amide bonds. The molecular formula is C18H22N2O2S. The molecule has 2 unspecified atom stereocenters. The Labute approximate surface area is 141 Å². The Bertz CT molecular complexity index is 671. The van der Waals surface area contributed by atoms with Crippen molar-refractivity contribution < 1.29 is 9.53 Å². The van der Waals surface area contributed by atoms with Gasteiger partial charge in [0, 0.05) is 24.0 Å². The molecule has 2 aromatic rings. The van der Waals surface area contributed by atoms with Crippen molar-refractivity contribution in [3.8, 4) is 10.6 Å². The van der Waals surface area contributed by atoms with E-state index in [9.17, 15) is 4.79 Å². The van der Waals surface area contributed by atoms with Crippen molar-refractivity contribution in [2.24, 2.45) is 0 Å². The maximum atomic E-state index is 12.7. The first-order valence-corrected chi connectivity index (χ1v) is 8.94. The van der Waals surface area contributed by atoms with Crippen LogP contribution < -0.4 is 0 Å². The van der Waals surface area contributed by atoms with E-state index in [0.29, 0.717) is 18.8 Å². The fourth-order valence-electron chi connectivity index (χ4n) is 2.89. The number of aromatic nitrogens is 1. The zero-order valence-electron chi connectivity index (χ0n) is 13.8. The minimum Gasteiger partial charge on any atom is -0.372 e. The average molecular weight is 330 g/mol. The molecule has 5 heteroatoms. The topological polar surface area (TPSA) is 42.4 Å². The van der Waals surface area contributed by atoms with Gasteiger partial charge >= 0.3 is 0 Å². The predicted octanol–water partition coefficient (Wildman–Crippen LogP) is 3.62. The van der Waals surface area contributed by atoms with Gasteiger partial charge in [0.05, 0.1) is 12.2 Å². The van der Waals surface area contributed by atoms with E-state index in [-0.39, 0.29) is 18.1 Å². The van der Waals surface area contributed by atoms with E-state index in [1.165, 1.54) is 16.9 Å². The molecule has 4 nitrogen and oxygen atoms in total. The van der Waals surface area contributed by atoms with Crippen LogP contribution in [-0.4, -0.2) is 41.1 Å². The summed E-state index contributed by atoms with van der Waals surface area (Å²) in [5.74, 6) is -0.000298. The molecular weight excluding hydrogens is 308 g/mol. The van der Waals surface area contributed by atoms with Crippen LogP contribution in [0.25, 0.3) is 10.6 Å². The lowest BCUT2D eigenvalue weighted by atomic mass is 10.1. The van der Waals surface area contributed by atoms with Crippen molar-refractivity contribution in [1.82, 2.24) is 9.88 Å². The van der Waals surface area contributed by atoms with E-state index in [4.69, 9.17) is 4.74 Å². The number of nitrogens with zero attached hydrogens (tertiary/aromatic N) is 2. The summed E-state index contributed by atoms with van der Waals surface area (Å²) in [6, 6.07) is 8.38. The minimum atomic E-state index is -0.000298. The van der Waals surface area contributed by atoms with Gasteiger partial charge in [0.1, 0.15) is 10.7 Å². The van der Waals surface area contributed by atoms with Crippen molar-refractivity contribution in [2.75, 3.05) is 13.1 Å². The van der Waals surface area contributed by atoms with Gasteiger partial charge in [0.2, 0.25) is 0 Å². The molecule has 1 aromatic heterocycles. The van der Waals surface area contributed by atoms with Crippen LogP contribution in [0.5, 0.6) is 0 Å². The molecule has 0 saturated carbocycles. The van der Waals surface area contributed by atoms with Crippen LogP contribution in [-0.2, 0) is 11.2 Å². The highest BCUT2D eigenvalue weighted by atomic mass is 32.1. The molecule has 0 spiro atoms. The number of ether oxygens (including phenoxy) is 1. The van der Waals surface area contributed by atoms with Gasteiger partial charge < -0.3 is 9.64 Å². The van der Waals surface area contributed by atoms with Gasteiger partial charge in [-0.05, 0) is 25.8 Å². The van der Waals surface area contributed by atoms with Gasteiger partial charge in [0.15, 0.2) is 0 Å². The second kappa shape index (κ2) is 6.81. The molecule has 1 fully saturated rings. The number of carbonyl (C=O) groups is 1. The zero-order chi connectivity index (χ0) is 16.4. The molecule has 0 radical (unpaired) electrons. The maximum Gasteiger partial charge on any atom is 0.273 e. The Morgan fingerprint density at radius 2 is 1.91 bits per heavy atom. The molecule has 2 heterocycles. The molecule has 0 bridgehead atoms. The predicted molar refractivity (Wildman–Crippen MR) is 92.8 cm³/mol. The van der Waals surface area contributed by atoms with Crippen molar-refractivity contribution in [2.45, 2.75) is 39.4 Å². The SMILES string of the molecule is CCc1ccc(-c2nc(C(=O)N3CC(C)OC(C)C3)cs2)cc1. The molecule has 0 aliphatic carbocycles. The highest BCUT2D eigenvalue weighted by Crippen LogP contribution is 2.25. The Morgan fingerprint density at radius 1 is 1.26 bits per heavy atom. The lowest BCUT2D eigenvalue weighted by molar-refractivity contribution is -0.0587. The highest BCUT2D eigenvalue weighted by Gasteiger charge is 2.27. The lowest BCUT2D eigenvalue weighted by Crippen LogP contribution is -2.48. The number of carbonyl (C=O) groups excluding carboxylic acids is 1. The van der Waals surface area contributed by atoms with Gasteiger partial charge in [-0.2, -0.15) is 0 Å². The van der Waals surface area contributed by atoms with E-state index in [0.717, 1.165) is 17.0 Å². The van der Waals surface area contributed by atoms with Crippen LogP contribution in [0.3, 0.4) is 0 Å². The third-order valence-electron chi connectivity index (χ3n) is 4.04. The quantitative estimate of drug-likeness (QED) is 0.863. The maximum absolute atomic E-state index is 12.7. The number of benzene rings is 1. The summed E-state index contributed by atoms with van der Waals surface area (Å²) in [4.78, 5) is 19.0. The van der Waals surface area contributed by atoms with Crippen molar-refractivity contribution in [1.29, 1.82) is 0 Å². The summed E-state index contributed by atoms with van der Waals surface area (Å²) in [6.07, 6.45) is 1.17. The number of aryl methyl sites for hydroxylation is 1. The Morgan fingerprint density at radius 3 is 2.52 bits per heavy atom. The van der Waals surface area contributed by atoms with E-state index >= 15 is 0 Å². The first-order chi connectivity index (χ1) is 11.1. The third kappa shape index (κ3) is 3.62. The molecule has 1 aliphatic heterocycles. The van der Waals surface area contributed by atoms with E-state index in [1.807, 2.05) is 24.1 Å². The van der Waals surface area contributed by atoms with Crippen LogP contribution in [0.1, 0.15) is 36.8 Å². The summed E-state index contributed by atoms with van der Waals surface area (Å²) in [6.45, 7) is 7.39. The van der Waals surface area contributed by atoms with Crippen LogP contribution in [0.4, 0.5) is 0 Å². The summed E-state index contributed by atoms with van der Waals surface area (Å²) >= 11 is 1.52. The second-order valence-electron chi connectivity index (χ2n) is 6.06. The van der Waals surface area contributed by atoms with Crippen LogP contribution in [0.2, 0.25) is 0 Å². The number of morpholine rings is 1. The Balaban J connectivity index is 1.76. The molecule has 1 aliphatic rings. The second-order valence-corrected chi connectivity index (χ2v) is 6.91. The molecule has 0 N–H and O–H groups in total. The standard InChI is InChI=1S/C18H22N2O2S/c1-4-14-5-7-15(8-6-14)17-19-16(11-23-17)18(21)20-9-12(2)22-13(3)10-20/h5-8,11-13H,4,9-10H2,1-3H3. The van der Waals surface area contributed by atoms with Crippen LogP contribution in [0.15, 0.2) is 29.6 Å². The largest absolute Gasteiger partial charge is 0.372 e.